The molecule has 0 radical (unpaired) electrons. The summed E-state index contributed by atoms with van der Waals surface area (Å²) in [6.45, 7) is 0. The van der Waals surface area contributed by atoms with E-state index in [9.17, 15) is 13.2 Å². The fraction of sp³-hybridized carbons (Fsp3) is 0.143. The zero-order valence-corrected chi connectivity index (χ0v) is 14.1. The lowest BCUT2D eigenvalue weighted by molar-refractivity contribution is -0.137. The van der Waals surface area contributed by atoms with E-state index in [-0.39, 0.29) is 15.1 Å². The van der Waals surface area contributed by atoms with Crippen LogP contribution in [0.5, 0.6) is 0 Å². The number of alkyl halides is 4. The van der Waals surface area contributed by atoms with Gasteiger partial charge in [0.25, 0.3) is 0 Å². The summed E-state index contributed by atoms with van der Waals surface area (Å²) in [5, 5.41) is 0.963. The van der Waals surface area contributed by atoms with Gasteiger partial charge in [-0.3, -0.25) is 0 Å². The third-order valence-corrected chi connectivity index (χ3v) is 4.62. The van der Waals surface area contributed by atoms with E-state index in [1.54, 1.807) is 0 Å². The second-order valence-corrected chi connectivity index (χ2v) is 5.97. The van der Waals surface area contributed by atoms with E-state index in [1.807, 2.05) is 0 Å². The molecule has 2 aromatic carbocycles. The van der Waals surface area contributed by atoms with E-state index in [0.29, 0.717) is 22.0 Å². The molecule has 0 saturated heterocycles. The van der Waals surface area contributed by atoms with E-state index in [1.165, 1.54) is 18.2 Å². The quantitative estimate of drug-likeness (QED) is 0.357. The molecule has 0 fully saturated rings. The Kier molecular flexibility index (Phi) is 5.14. The van der Waals surface area contributed by atoms with Crippen LogP contribution in [-0.4, -0.2) is 0 Å². The minimum Gasteiger partial charge on any atom is -0.166 e. The summed E-state index contributed by atoms with van der Waals surface area (Å²) in [5.41, 5.74) is 0.467. The minimum atomic E-state index is -4.45. The molecule has 0 atom stereocenters. The highest BCUT2D eigenvalue weighted by Crippen LogP contribution is 2.42. The van der Waals surface area contributed by atoms with Crippen LogP contribution in [-0.2, 0) is 11.5 Å². The van der Waals surface area contributed by atoms with Crippen molar-refractivity contribution in [2.75, 3.05) is 0 Å². The summed E-state index contributed by atoms with van der Waals surface area (Å²) in [6, 6.07) is 6.44. The predicted molar refractivity (Wildman–Crippen MR) is 84.5 cm³/mol. The lowest BCUT2D eigenvalue weighted by atomic mass is 9.97. The monoisotopic (exact) mass is 416 g/mol. The van der Waals surface area contributed by atoms with Gasteiger partial charge < -0.3 is 0 Å². The van der Waals surface area contributed by atoms with E-state index < -0.39 is 11.7 Å². The van der Waals surface area contributed by atoms with Crippen molar-refractivity contribution in [1.29, 1.82) is 0 Å². The van der Waals surface area contributed by atoms with Gasteiger partial charge in [0.2, 0.25) is 0 Å². The third kappa shape index (κ3) is 3.50. The van der Waals surface area contributed by atoms with Gasteiger partial charge in [-0.05, 0) is 35.4 Å². The minimum absolute atomic E-state index is 0.130. The molecule has 7 heteroatoms. The summed E-state index contributed by atoms with van der Waals surface area (Å²) < 4.78 is 38.7. The SMILES string of the molecule is FC(F)(F)c1ccc(CBr)c(-c2c(Cl)ccc(Cl)c2Cl)c1. The van der Waals surface area contributed by atoms with Crippen molar-refractivity contribution in [3.05, 3.63) is 56.5 Å². The highest BCUT2D eigenvalue weighted by molar-refractivity contribution is 9.08. The van der Waals surface area contributed by atoms with Crippen molar-refractivity contribution in [3.63, 3.8) is 0 Å². The summed E-state index contributed by atoms with van der Waals surface area (Å²) >= 11 is 21.4. The fourth-order valence-corrected chi connectivity index (χ4v) is 3.10. The van der Waals surface area contributed by atoms with Gasteiger partial charge in [0.1, 0.15) is 0 Å². The molecule has 0 spiro atoms. The Morgan fingerprint density at radius 1 is 0.952 bits per heavy atom. The fourth-order valence-electron chi connectivity index (χ4n) is 1.88. The second kappa shape index (κ2) is 6.37. The van der Waals surface area contributed by atoms with Gasteiger partial charge in [-0.1, -0.05) is 56.8 Å². The molecule has 112 valence electrons. The van der Waals surface area contributed by atoms with E-state index >= 15 is 0 Å². The van der Waals surface area contributed by atoms with Crippen LogP contribution in [0.3, 0.4) is 0 Å². The summed E-state index contributed by atoms with van der Waals surface area (Å²) in [5.74, 6) is 0. The Hall–Kier alpha value is -0.420. The van der Waals surface area contributed by atoms with Gasteiger partial charge >= 0.3 is 6.18 Å². The van der Waals surface area contributed by atoms with Crippen molar-refractivity contribution in [3.8, 4) is 11.1 Å². The van der Waals surface area contributed by atoms with Gasteiger partial charge in [0.05, 0.1) is 20.6 Å². The predicted octanol–water partition coefficient (Wildman–Crippen LogP) is 7.23. The number of hydrogen-bond donors (Lipinski definition) is 0. The smallest absolute Gasteiger partial charge is 0.166 e. The van der Waals surface area contributed by atoms with Gasteiger partial charge in [-0.15, -0.1) is 0 Å². The summed E-state index contributed by atoms with van der Waals surface area (Å²) in [4.78, 5) is 0. The molecule has 0 aliphatic heterocycles. The first-order chi connectivity index (χ1) is 9.75. The normalized spacial score (nSPS) is 11.8. The Morgan fingerprint density at radius 3 is 2.14 bits per heavy atom. The lowest BCUT2D eigenvalue weighted by Crippen LogP contribution is -2.05. The zero-order chi connectivity index (χ0) is 15.8. The van der Waals surface area contributed by atoms with Crippen LogP contribution in [0, 0.1) is 0 Å². The van der Waals surface area contributed by atoms with Crippen LogP contribution < -0.4 is 0 Å². The molecule has 2 rings (SSSR count). The van der Waals surface area contributed by atoms with Crippen LogP contribution in [0.25, 0.3) is 11.1 Å². The Bertz CT molecular complexity index is 684. The van der Waals surface area contributed by atoms with Crippen LogP contribution in [0.2, 0.25) is 15.1 Å². The van der Waals surface area contributed by atoms with Crippen molar-refractivity contribution in [1.82, 2.24) is 0 Å². The van der Waals surface area contributed by atoms with Gasteiger partial charge in [-0.2, -0.15) is 13.2 Å². The molecular formula is C14H7BrCl3F3. The van der Waals surface area contributed by atoms with Crippen LogP contribution in [0.4, 0.5) is 13.2 Å². The molecule has 0 aliphatic carbocycles. The average molecular weight is 418 g/mol. The van der Waals surface area contributed by atoms with Crippen molar-refractivity contribution in [2.45, 2.75) is 11.5 Å². The first kappa shape index (κ1) is 16.9. The average Bonchev–Trinajstić information content (AvgIpc) is 2.42. The highest BCUT2D eigenvalue weighted by Gasteiger charge is 2.31. The molecule has 0 bridgehead atoms. The molecular weight excluding hydrogens is 411 g/mol. The molecule has 0 saturated carbocycles. The van der Waals surface area contributed by atoms with Crippen LogP contribution >= 0.6 is 50.7 Å². The second-order valence-electron chi connectivity index (χ2n) is 4.22. The largest absolute Gasteiger partial charge is 0.416 e. The zero-order valence-electron chi connectivity index (χ0n) is 10.2. The molecule has 0 nitrogen and oxygen atoms in total. The van der Waals surface area contributed by atoms with Crippen molar-refractivity contribution < 1.29 is 13.2 Å². The summed E-state index contributed by atoms with van der Waals surface area (Å²) in [6.07, 6.45) is -4.45. The number of halogens is 7. The number of benzene rings is 2. The Balaban J connectivity index is 2.76. The molecule has 0 aliphatic rings. The first-order valence-electron chi connectivity index (χ1n) is 5.65. The maximum atomic E-state index is 12.9. The van der Waals surface area contributed by atoms with E-state index in [4.69, 9.17) is 34.8 Å². The lowest BCUT2D eigenvalue weighted by Gasteiger charge is -2.15. The maximum absolute atomic E-state index is 12.9. The number of rotatable bonds is 2. The van der Waals surface area contributed by atoms with Crippen molar-refractivity contribution in [2.24, 2.45) is 0 Å². The van der Waals surface area contributed by atoms with Crippen molar-refractivity contribution >= 4 is 50.7 Å². The Labute approximate surface area is 142 Å². The van der Waals surface area contributed by atoms with Gasteiger partial charge in [0.15, 0.2) is 0 Å². The highest BCUT2D eigenvalue weighted by atomic mass is 79.9. The molecule has 0 amide bonds. The molecule has 0 heterocycles. The third-order valence-electron chi connectivity index (χ3n) is 2.89. The van der Waals surface area contributed by atoms with Crippen LogP contribution in [0.1, 0.15) is 11.1 Å². The molecule has 21 heavy (non-hydrogen) atoms. The maximum Gasteiger partial charge on any atom is 0.416 e. The molecule has 0 N–H and O–H groups in total. The summed E-state index contributed by atoms with van der Waals surface area (Å²) in [7, 11) is 0. The van der Waals surface area contributed by atoms with Gasteiger partial charge in [-0.25, -0.2) is 0 Å². The topological polar surface area (TPSA) is 0 Å². The van der Waals surface area contributed by atoms with Gasteiger partial charge in [0, 0.05) is 10.9 Å². The Morgan fingerprint density at radius 2 is 1.57 bits per heavy atom. The van der Waals surface area contributed by atoms with E-state index in [2.05, 4.69) is 15.9 Å². The number of hydrogen-bond acceptors (Lipinski definition) is 0. The van der Waals surface area contributed by atoms with E-state index in [0.717, 1.165) is 12.1 Å². The molecule has 0 unspecified atom stereocenters. The first-order valence-corrected chi connectivity index (χ1v) is 7.91. The molecule has 2 aromatic rings. The molecule has 0 aromatic heterocycles. The standard InChI is InChI=1S/C14H7BrCl3F3/c15-6-7-1-2-8(14(19,20)21)5-9(7)12-10(16)3-4-11(17)13(12)18/h1-5H,6H2. The van der Waals surface area contributed by atoms with Crippen LogP contribution in [0.15, 0.2) is 30.3 Å².